The lowest BCUT2D eigenvalue weighted by Gasteiger charge is -2.04. The van der Waals surface area contributed by atoms with Crippen LogP contribution in [0.4, 0.5) is 4.39 Å². The van der Waals surface area contributed by atoms with Gasteiger partial charge in [-0.2, -0.15) is 0 Å². The number of hydrogen-bond acceptors (Lipinski definition) is 2. The third-order valence-electron chi connectivity index (χ3n) is 1.89. The zero-order valence-electron chi connectivity index (χ0n) is 7.72. The highest BCUT2D eigenvalue weighted by molar-refractivity contribution is 9.10. The highest BCUT2D eigenvalue weighted by atomic mass is 79.9. The molecule has 0 amide bonds. The van der Waals surface area contributed by atoms with Gasteiger partial charge in [0, 0.05) is 10.0 Å². The Balaban J connectivity index is 2.62. The van der Waals surface area contributed by atoms with E-state index in [4.69, 9.17) is 23.2 Å². The lowest BCUT2D eigenvalue weighted by molar-refractivity contribution is 0.615. The fraction of sp³-hybridized carbons (Fsp3) is 0. The molecule has 1 heterocycles. The molecule has 0 unspecified atom stereocenters. The fourth-order valence-electron chi connectivity index (χ4n) is 1.16. The molecule has 0 atom stereocenters. The van der Waals surface area contributed by atoms with Crippen molar-refractivity contribution in [1.29, 1.82) is 0 Å². The van der Waals surface area contributed by atoms with Crippen molar-refractivity contribution in [3.63, 3.8) is 0 Å². The molecule has 0 N–H and O–H groups in total. The number of benzene rings is 1. The average Bonchev–Trinajstić information content (AvgIpc) is 2.26. The molecule has 0 aliphatic heterocycles. The van der Waals surface area contributed by atoms with Gasteiger partial charge in [0.15, 0.2) is 21.9 Å². The van der Waals surface area contributed by atoms with Gasteiger partial charge in [0.25, 0.3) is 0 Å². The van der Waals surface area contributed by atoms with Crippen LogP contribution < -0.4 is 0 Å². The van der Waals surface area contributed by atoms with Crippen LogP contribution in [0.15, 0.2) is 28.7 Å². The van der Waals surface area contributed by atoms with E-state index in [0.717, 1.165) is 4.47 Å². The molecule has 0 radical (unpaired) electrons. The molecule has 82 valence electrons. The van der Waals surface area contributed by atoms with Crippen molar-refractivity contribution in [1.82, 2.24) is 9.97 Å². The Bertz CT molecular complexity index is 525. The Kier molecular flexibility index (Phi) is 3.42. The molecule has 0 bridgehead atoms. The van der Waals surface area contributed by atoms with Gasteiger partial charge in [-0.3, -0.25) is 0 Å². The Morgan fingerprint density at radius 3 is 2.19 bits per heavy atom. The highest BCUT2D eigenvalue weighted by Gasteiger charge is 2.13. The second kappa shape index (κ2) is 4.65. The number of nitrogens with zero attached hydrogens (tertiary/aromatic N) is 2. The van der Waals surface area contributed by atoms with Gasteiger partial charge in [-0.1, -0.05) is 57.3 Å². The Morgan fingerprint density at radius 2 is 1.62 bits per heavy atom. The van der Waals surface area contributed by atoms with Crippen molar-refractivity contribution in [2.45, 2.75) is 0 Å². The van der Waals surface area contributed by atoms with Crippen molar-refractivity contribution in [3.05, 3.63) is 44.9 Å². The van der Waals surface area contributed by atoms with E-state index in [0.29, 0.717) is 5.56 Å². The first-order chi connectivity index (χ1) is 7.59. The van der Waals surface area contributed by atoms with E-state index in [1.807, 2.05) is 18.2 Å². The minimum atomic E-state index is -0.806. The summed E-state index contributed by atoms with van der Waals surface area (Å²) in [5, 5.41) is -0.573. The summed E-state index contributed by atoms with van der Waals surface area (Å²) in [6.45, 7) is 0. The van der Waals surface area contributed by atoms with E-state index < -0.39 is 5.82 Å². The molecule has 0 aliphatic carbocycles. The molecule has 0 saturated carbocycles. The smallest absolute Gasteiger partial charge is 0.197 e. The van der Waals surface area contributed by atoms with Crippen molar-refractivity contribution < 1.29 is 4.39 Å². The summed E-state index contributed by atoms with van der Waals surface area (Å²) >= 11 is 14.5. The van der Waals surface area contributed by atoms with E-state index >= 15 is 0 Å². The van der Waals surface area contributed by atoms with Crippen molar-refractivity contribution in [3.8, 4) is 11.4 Å². The van der Waals surface area contributed by atoms with Crippen molar-refractivity contribution in [2.75, 3.05) is 0 Å². The van der Waals surface area contributed by atoms with Crippen LogP contribution in [0.3, 0.4) is 0 Å². The molecule has 2 aromatic rings. The summed E-state index contributed by atoms with van der Waals surface area (Å²) in [4.78, 5) is 7.66. The van der Waals surface area contributed by atoms with Crippen LogP contribution in [0.5, 0.6) is 0 Å². The highest BCUT2D eigenvalue weighted by Crippen LogP contribution is 2.28. The predicted molar refractivity (Wildman–Crippen MR) is 65.1 cm³/mol. The first-order valence-electron chi connectivity index (χ1n) is 4.23. The summed E-state index contributed by atoms with van der Waals surface area (Å²) in [7, 11) is 0. The van der Waals surface area contributed by atoms with Gasteiger partial charge in [0.2, 0.25) is 0 Å². The summed E-state index contributed by atoms with van der Waals surface area (Å²) in [5.74, 6) is -0.525. The van der Waals surface area contributed by atoms with Gasteiger partial charge in [0.05, 0.1) is 0 Å². The van der Waals surface area contributed by atoms with E-state index in [2.05, 4.69) is 25.9 Å². The zero-order valence-corrected chi connectivity index (χ0v) is 10.8. The lowest BCUT2D eigenvalue weighted by Crippen LogP contribution is -1.95. The molecule has 16 heavy (non-hydrogen) atoms. The Hall–Kier alpha value is -0.710. The second-order valence-electron chi connectivity index (χ2n) is 2.92. The first kappa shape index (κ1) is 11.8. The normalized spacial score (nSPS) is 10.5. The van der Waals surface area contributed by atoms with Crippen LogP contribution in [0.25, 0.3) is 11.4 Å². The van der Waals surface area contributed by atoms with Gasteiger partial charge in [-0.15, -0.1) is 0 Å². The Labute approximate surface area is 110 Å². The summed E-state index contributed by atoms with van der Waals surface area (Å²) in [6.07, 6.45) is 0. The molecule has 0 fully saturated rings. The SMILES string of the molecule is Fc1c(Cl)nc(-c2ccccc2Br)nc1Cl. The van der Waals surface area contributed by atoms with E-state index in [9.17, 15) is 4.39 Å². The molecule has 2 rings (SSSR count). The summed E-state index contributed by atoms with van der Waals surface area (Å²) < 4.78 is 13.9. The van der Waals surface area contributed by atoms with Crippen LogP contribution >= 0.6 is 39.1 Å². The number of halogens is 4. The maximum Gasteiger partial charge on any atom is 0.197 e. The minimum Gasteiger partial charge on any atom is -0.213 e. The molecule has 6 heteroatoms. The average molecular weight is 322 g/mol. The van der Waals surface area contributed by atoms with Crippen LogP contribution in [-0.4, -0.2) is 9.97 Å². The molecule has 2 nitrogen and oxygen atoms in total. The number of aromatic nitrogens is 2. The van der Waals surface area contributed by atoms with Gasteiger partial charge >= 0.3 is 0 Å². The van der Waals surface area contributed by atoms with Gasteiger partial charge in [-0.25, -0.2) is 14.4 Å². The molecule has 0 spiro atoms. The quantitative estimate of drug-likeness (QED) is 0.730. The fourth-order valence-corrected chi connectivity index (χ4v) is 2.01. The predicted octanol–water partition coefficient (Wildman–Crippen LogP) is 4.35. The van der Waals surface area contributed by atoms with Crippen LogP contribution in [-0.2, 0) is 0 Å². The number of hydrogen-bond donors (Lipinski definition) is 0. The third-order valence-corrected chi connectivity index (χ3v) is 3.08. The standard InChI is InChI=1S/C10H4BrCl2FN2/c11-6-4-2-1-3-5(6)10-15-8(12)7(14)9(13)16-10/h1-4H. The Morgan fingerprint density at radius 1 is 1.06 bits per heavy atom. The molecule has 1 aromatic carbocycles. The van der Waals surface area contributed by atoms with Gasteiger partial charge in [0.1, 0.15) is 0 Å². The molecule has 0 aliphatic rings. The molecular weight excluding hydrogens is 318 g/mol. The second-order valence-corrected chi connectivity index (χ2v) is 4.49. The maximum absolute atomic E-state index is 13.1. The molecular formula is C10H4BrCl2FN2. The third kappa shape index (κ3) is 2.19. The van der Waals surface area contributed by atoms with E-state index in [1.165, 1.54) is 0 Å². The largest absolute Gasteiger partial charge is 0.213 e. The first-order valence-corrected chi connectivity index (χ1v) is 5.78. The lowest BCUT2D eigenvalue weighted by atomic mass is 10.2. The van der Waals surface area contributed by atoms with E-state index in [1.54, 1.807) is 6.07 Å². The van der Waals surface area contributed by atoms with Crippen LogP contribution in [0, 0.1) is 5.82 Å². The zero-order chi connectivity index (χ0) is 11.7. The van der Waals surface area contributed by atoms with Gasteiger partial charge < -0.3 is 0 Å². The van der Waals surface area contributed by atoms with Crippen molar-refractivity contribution in [2.24, 2.45) is 0 Å². The molecule has 0 saturated heterocycles. The van der Waals surface area contributed by atoms with Crippen LogP contribution in [0.2, 0.25) is 10.3 Å². The monoisotopic (exact) mass is 320 g/mol. The van der Waals surface area contributed by atoms with Crippen LogP contribution in [0.1, 0.15) is 0 Å². The minimum absolute atomic E-state index is 0.281. The topological polar surface area (TPSA) is 25.8 Å². The van der Waals surface area contributed by atoms with E-state index in [-0.39, 0.29) is 16.1 Å². The van der Waals surface area contributed by atoms with Crippen molar-refractivity contribution >= 4 is 39.1 Å². The summed E-state index contributed by atoms with van der Waals surface area (Å²) in [5.41, 5.74) is 0.700. The maximum atomic E-state index is 13.1. The summed E-state index contributed by atoms with van der Waals surface area (Å²) in [6, 6.07) is 7.27. The van der Waals surface area contributed by atoms with Gasteiger partial charge in [-0.05, 0) is 6.07 Å². The molecule has 1 aromatic heterocycles. The number of rotatable bonds is 1.